The van der Waals surface area contributed by atoms with Gasteiger partial charge in [-0.05, 0) is 36.0 Å². The summed E-state index contributed by atoms with van der Waals surface area (Å²) < 4.78 is -0.448. The third-order valence-corrected chi connectivity index (χ3v) is 5.70. The van der Waals surface area contributed by atoms with Crippen molar-refractivity contribution in [1.29, 1.82) is 0 Å². The summed E-state index contributed by atoms with van der Waals surface area (Å²) in [5, 5.41) is 11.6. The summed E-state index contributed by atoms with van der Waals surface area (Å²) >= 11 is 7.33. The third-order valence-electron chi connectivity index (χ3n) is 4.04. The number of alkyl halides is 2. The third kappa shape index (κ3) is 4.21. The molecule has 3 heteroatoms. The van der Waals surface area contributed by atoms with Crippen molar-refractivity contribution in [3.8, 4) is 0 Å². The number of hydrogen-bond donors (Lipinski definition) is 1. The topological polar surface area (TPSA) is 20.2 Å². The number of benzene rings is 2. The summed E-state index contributed by atoms with van der Waals surface area (Å²) in [6, 6.07) is 18.9. The molecule has 0 aliphatic rings. The summed E-state index contributed by atoms with van der Waals surface area (Å²) in [6.07, 6.45) is 2.06. The van der Waals surface area contributed by atoms with Gasteiger partial charge in [0.15, 0.2) is 0 Å². The Kier molecular flexibility index (Phi) is 6.66. The molecule has 118 valence electrons. The minimum Gasteiger partial charge on any atom is -0.391 e. The lowest BCUT2D eigenvalue weighted by atomic mass is 9.85. The Morgan fingerprint density at radius 1 is 1.00 bits per heavy atom. The molecule has 0 heterocycles. The second kappa shape index (κ2) is 8.28. The number of halogens is 2. The van der Waals surface area contributed by atoms with Crippen LogP contribution in [0, 0.1) is 0 Å². The van der Waals surface area contributed by atoms with E-state index in [1.807, 2.05) is 25.1 Å². The zero-order valence-corrected chi connectivity index (χ0v) is 16.0. The van der Waals surface area contributed by atoms with Crippen LogP contribution in [0.2, 0.25) is 0 Å². The highest BCUT2D eigenvalue weighted by atomic mass is 79.9. The van der Waals surface area contributed by atoms with Gasteiger partial charge in [0.1, 0.15) is 0 Å². The second-order valence-electron chi connectivity index (χ2n) is 5.58. The summed E-state index contributed by atoms with van der Waals surface area (Å²) in [7, 11) is 0. The smallest absolute Gasteiger partial charge is 0.0804 e. The maximum absolute atomic E-state index is 10.6. The number of aliphatic hydroxyl groups is 1. The van der Waals surface area contributed by atoms with Crippen LogP contribution in [0.25, 0.3) is 0 Å². The Hall–Kier alpha value is -0.640. The number of hydrogen-bond acceptors (Lipinski definition) is 1. The molecule has 1 N–H and O–H groups in total. The van der Waals surface area contributed by atoms with E-state index in [0.29, 0.717) is 6.42 Å². The van der Waals surface area contributed by atoms with E-state index in [9.17, 15) is 5.11 Å². The SMILES string of the molecule is CCC(O)C(Br)(Cc1ccccc1)c1ccc(CCBr)cc1. The molecule has 22 heavy (non-hydrogen) atoms. The average molecular weight is 426 g/mol. The Bertz CT molecular complexity index is 568. The first kappa shape index (κ1) is 17.7. The van der Waals surface area contributed by atoms with E-state index in [1.54, 1.807) is 0 Å². The predicted octanol–water partition coefficient (Wildman–Crippen LogP) is 5.23. The monoisotopic (exact) mass is 424 g/mol. The zero-order valence-electron chi connectivity index (χ0n) is 12.8. The molecule has 0 aliphatic heterocycles. The minimum absolute atomic E-state index is 0.435. The number of aryl methyl sites for hydroxylation is 1. The molecular weight excluding hydrogens is 404 g/mol. The lowest BCUT2D eigenvalue weighted by Crippen LogP contribution is -2.35. The molecule has 0 saturated carbocycles. The van der Waals surface area contributed by atoms with E-state index >= 15 is 0 Å². The molecule has 0 aliphatic carbocycles. The van der Waals surface area contributed by atoms with Gasteiger partial charge in [0, 0.05) is 5.33 Å². The van der Waals surface area contributed by atoms with Crippen LogP contribution in [-0.2, 0) is 17.2 Å². The molecule has 2 unspecified atom stereocenters. The first-order valence-electron chi connectivity index (χ1n) is 7.66. The Balaban J connectivity index is 2.32. The van der Waals surface area contributed by atoms with Crippen molar-refractivity contribution in [2.75, 3.05) is 5.33 Å². The fourth-order valence-electron chi connectivity index (χ4n) is 2.69. The van der Waals surface area contributed by atoms with Crippen LogP contribution in [0.4, 0.5) is 0 Å². The standard InChI is InChI=1S/C19H22Br2O/c1-2-18(22)19(21,14-16-6-4-3-5-7-16)17-10-8-15(9-11-17)12-13-20/h3-11,18,22H,2,12-14H2,1H3. The van der Waals surface area contributed by atoms with E-state index in [4.69, 9.17) is 0 Å². The molecule has 0 saturated heterocycles. The van der Waals surface area contributed by atoms with E-state index < -0.39 is 10.4 Å². The van der Waals surface area contributed by atoms with Crippen LogP contribution in [0.15, 0.2) is 54.6 Å². The maximum atomic E-state index is 10.6. The van der Waals surface area contributed by atoms with Gasteiger partial charge < -0.3 is 5.11 Å². The Morgan fingerprint density at radius 2 is 1.64 bits per heavy atom. The summed E-state index contributed by atoms with van der Waals surface area (Å²) in [5.74, 6) is 0. The van der Waals surface area contributed by atoms with Crippen molar-refractivity contribution in [2.45, 2.75) is 36.6 Å². The van der Waals surface area contributed by atoms with Crippen LogP contribution in [0.5, 0.6) is 0 Å². The first-order valence-corrected chi connectivity index (χ1v) is 9.58. The van der Waals surface area contributed by atoms with Gasteiger partial charge in [-0.3, -0.25) is 0 Å². The highest BCUT2D eigenvalue weighted by molar-refractivity contribution is 9.09. The van der Waals surface area contributed by atoms with Gasteiger partial charge in [-0.25, -0.2) is 0 Å². The fraction of sp³-hybridized carbons (Fsp3) is 0.368. The Morgan fingerprint density at radius 3 is 2.18 bits per heavy atom. The van der Waals surface area contributed by atoms with E-state index in [2.05, 4.69) is 68.3 Å². The van der Waals surface area contributed by atoms with Gasteiger partial charge >= 0.3 is 0 Å². The van der Waals surface area contributed by atoms with Crippen molar-refractivity contribution in [2.24, 2.45) is 0 Å². The average Bonchev–Trinajstić information content (AvgIpc) is 2.56. The lowest BCUT2D eigenvalue weighted by Gasteiger charge is -2.33. The van der Waals surface area contributed by atoms with E-state index in [1.165, 1.54) is 11.1 Å². The maximum Gasteiger partial charge on any atom is 0.0804 e. The summed E-state index contributed by atoms with van der Waals surface area (Å²) in [5.41, 5.74) is 3.65. The largest absolute Gasteiger partial charge is 0.391 e. The van der Waals surface area contributed by atoms with Crippen molar-refractivity contribution < 1.29 is 5.11 Å². The minimum atomic E-state index is -0.448. The second-order valence-corrected chi connectivity index (χ2v) is 7.79. The predicted molar refractivity (Wildman–Crippen MR) is 101 cm³/mol. The molecule has 2 aromatic carbocycles. The van der Waals surface area contributed by atoms with Crippen molar-refractivity contribution in [3.63, 3.8) is 0 Å². The van der Waals surface area contributed by atoms with Crippen LogP contribution in [-0.4, -0.2) is 16.5 Å². The normalized spacial score (nSPS) is 15.3. The van der Waals surface area contributed by atoms with Crippen LogP contribution >= 0.6 is 31.9 Å². The molecule has 0 aromatic heterocycles. The van der Waals surface area contributed by atoms with Gasteiger partial charge in [-0.2, -0.15) is 0 Å². The molecule has 0 amide bonds. The highest BCUT2D eigenvalue weighted by Crippen LogP contribution is 2.40. The quantitative estimate of drug-likeness (QED) is 0.602. The highest BCUT2D eigenvalue weighted by Gasteiger charge is 2.36. The van der Waals surface area contributed by atoms with E-state index in [-0.39, 0.29) is 0 Å². The molecule has 0 radical (unpaired) electrons. The summed E-state index contributed by atoms with van der Waals surface area (Å²) in [4.78, 5) is 0. The fourth-order valence-corrected chi connectivity index (χ4v) is 4.06. The molecule has 2 atom stereocenters. The van der Waals surface area contributed by atoms with Gasteiger partial charge in [0.05, 0.1) is 10.4 Å². The number of aliphatic hydroxyl groups excluding tert-OH is 1. The van der Waals surface area contributed by atoms with Gasteiger partial charge in [0.25, 0.3) is 0 Å². The lowest BCUT2D eigenvalue weighted by molar-refractivity contribution is 0.125. The molecular formula is C19H22Br2O. The van der Waals surface area contributed by atoms with Crippen molar-refractivity contribution in [3.05, 3.63) is 71.3 Å². The Labute approximate surface area is 150 Å². The molecule has 0 fully saturated rings. The molecule has 1 nitrogen and oxygen atoms in total. The molecule has 2 aromatic rings. The zero-order chi connectivity index (χ0) is 16.0. The van der Waals surface area contributed by atoms with Gasteiger partial charge in [-0.15, -0.1) is 0 Å². The van der Waals surface area contributed by atoms with Crippen molar-refractivity contribution in [1.82, 2.24) is 0 Å². The van der Waals surface area contributed by atoms with Crippen LogP contribution in [0.1, 0.15) is 30.0 Å². The van der Waals surface area contributed by atoms with Crippen molar-refractivity contribution >= 4 is 31.9 Å². The van der Waals surface area contributed by atoms with Crippen LogP contribution < -0.4 is 0 Å². The van der Waals surface area contributed by atoms with Crippen LogP contribution in [0.3, 0.4) is 0 Å². The molecule has 0 bridgehead atoms. The number of rotatable bonds is 7. The molecule has 0 spiro atoms. The van der Waals surface area contributed by atoms with Gasteiger partial charge in [0.2, 0.25) is 0 Å². The van der Waals surface area contributed by atoms with E-state index in [0.717, 1.165) is 23.7 Å². The van der Waals surface area contributed by atoms with Gasteiger partial charge in [-0.1, -0.05) is 93.4 Å². The summed E-state index contributed by atoms with van der Waals surface area (Å²) in [6.45, 7) is 2.02. The molecule has 2 rings (SSSR count). The first-order chi connectivity index (χ1) is 10.6.